The van der Waals surface area contributed by atoms with Gasteiger partial charge < -0.3 is 20.9 Å². The zero-order valence-corrected chi connectivity index (χ0v) is 34.2. The molecule has 1 heterocycles. The first-order valence-electron chi connectivity index (χ1n) is 19.8. The van der Waals surface area contributed by atoms with Gasteiger partial charge in [0.05, 0.1) is 22.1 Å². The van der Waals surface area contributed by atoms with E-state index in [0.29, 0.717) is 38.5 Å². The van der Waals surface area contributed by atoms with Crippen molar-refractivity contribution in [1.82, 2.24) is 31.3 Å². The number of nitrogens with one attached hydrogen (secondary N) is 4. The van der Waals surface area contributed by atoms with Crippen molar-refractivity contribution in [3.8, 4) is 0 Å². The molecule has 6 amide bonds. The highest BCUT2D eigenvalue weighted by Crippen LogP contribution is 2.41. The van der Waals surface area contributed by atoms with Gasteiger partial charge in [0.1, 0.15) is 12.1 Å². The molecule has 4 rings (SSSR count). The third kappa shape index (κ3) is 10.7. The molecule has 13 heteroatoms. The Morgan fingerprint density at radius 2 is 1.61 bits per heavy atom. The molecule has 2 saturated carbocycles. The SMILES string of the molecule is C=C=C[C@@H]1C[C@@H](C(=O)NN(CCC)C(=O)N[C@@H](C)c2ccccc2)N(C(=O)[C@@H](NC(=O)NC2(CS(=O)(=O)C(C)(C)C)CCCCC2)C2(C)CCCCC2)C1. The number of carbonyl (C=O) groups excluding carboxylic acids is 4. The normalized spacial score (nSPS) is 22.1. The van der Waals surface area contributed by atoms with Gasteiger partial charge in [-0.2, -0.15) is 0 Å². The largest absolute Gasteiger partial charge is 0.336 e. The fourth-order valence-corrected chi connectivity index (χ4v) is 9.77. The molecule has 0 unspecified atom stereocenters. The topological polar surface area (TPSA) is 157 Å². The van der Waals surface area contributed by atoms with Gasteiger partial charge in [-0.05, 0) is 83.3 Å². The Morgan fingerprint density at radius 1 is 1.00 bits per heavy atom. The summed E-state index contributed by atoms with van der Waals surface area (Å²) in [4.78, 5) is 58.1. The Hall–Kier alpha value is -3.83. The fraction of sp³-hybridized carbons (Fsp3) is 0.683. The summed E-state index contributed by atoms with van der Waals surface area (Å²) in [6, 6.07) is 6.30. The minimum absolute atomic E-state index is 0.178. The van der Waals surface area contributed by atoms with Gasteiger partial charge in [0.15, 0.2) is 9.84 Å². The second-order valence-corrected chi connectivity index (χ2v) is 19.8. The van der Waals surface area contributed by atoms with Gasteiger partial charge >= 0.3 is 12.1 Å². The van der Waals surface area contributed by atoms with Gasteiger partial charge in [-0.15, -0.1) is 5.73 Å². The number of amides is 6. The molecule has 54 heavy (non-hydrogen) atoms. The van der Waals surface area contributed by atoms with Crippen LogP contribution in [0.25, 0.3) is 0 Å². The molecule has 1 aromatic carbocycles. The van der Waals surface area contributed by atoms with Crippen molar-refractivity contribution in [2.45, 2.75) is 147 Å². The third-order valence-electron chi connectivity index (χ3n) is 11.7. The summed E-state index contributed by atoms with van der Waals surface area (Å²) in [6.45, 7) is 15.0. The quantitative estimate of drug-likeness (QED) is 0.144. The summed E-state index contributed by atoms with van der Waals surface area (Å²) in [7, 11) is -3.57. The number of nitrogens with zero attached hydrogens (tertiary/aromatic N) is 2. The molecule has 1 aliphatic heterocycles. The van der Waals surface area contributed by atoms with E-state index in [2.05, 4.69) is 33.7 Å². The molecule has 3 fully saturated rings. The Morgan fingerprint density at radius 3 is 2.19 bits per heavy atom. The molecule has 2 aliphatic carbocycles. The number of sulfone groups is 1. The highest BCUT2D eigenvalue weighted by molar-refractivity contribution is 7.92. The standard InChI is InChI=1S/C41H64N6O6S/c1-8-19-31-27-33(35(48)45-47(26-9-2)38(51)42-30(3)32-20-13-10-14-21-32)46(28-31)36(49)34(40(7)22-15-11-16-23-40)43-37(50)44-41(24-17-12-18-25-41)29-54(52,53)39(4,5)6/h10,13-14,19-21,30-31,33-34H,1,9,11-12,15-18,22-29H2,2-7H3,(H,42,51)(H,45,48)(H2,43,44,50)/t30-,31+,33-,34+/m0/s1. The fourth-order valence-electron chi connectivity index (χ4n) is 8.25. The van der Waals surface area contributed by atoms with E-state index in [4.69, 9.17) is 0 Å². The molecule has 0 bridgehead atoms. The van der Waals surface area contributed by atoms with Gasteiger partial charge in [-0.25, -0.2) is 23.0 Å². The number of hydrogen-bond acceptors (Lipinski definition) is 6. The number of benzene rings is 1. The second kappa shape index (κ2) is 18.2. The maximum atomic E-state index is 14.9. The highest BCUT2D eigenvalue weighted by Gasteiger charge is 2.49. The molecule has 12 nitrogen and oxygen atoms in total. The average Bonchev–Trinajstić information content (AvgIpc) is 3.54. The highest BCUT2D eigenvalue weighted by atomic mass is 32.2. The summed E-state index contributed by atoms with van der Waals surface area (Å²) in [6.07, 6.45) is 10.5. The van der Waals surface area contributed by atoms with E-state index in [9.17, 15) is 27.6 Å². The van der Waals surface area contributed by atoms with Crippen molar-refractivity contribution in [3.05, 3.63) is 54.3 Å². The van der Waals surface area contributed by atoms with Crippen molar-refractivity contribution in [3.63, 3.8) is 0 Å². The summed E-state index contributed by atoms with van der Waals surface area (Å²) < 4.78 is 25.9. The number of rotatable bonds is 12. The lowest BCUT2D eigenvalue weighted by Gasteiger charge is -2.44. The molecule has 3 aliphatic rings. The zero-order valence-electron chi connectivity index (χ0n) is 33.3. The second-order valence-electron chi connectivity index (χ2n) is 17.0. The van der Waals surface area contributed by atoms with Crippen LogP contribution in [-0.4, -0.2) is 83.4 Å². The summed E-state index contributed by atoms with van der Waals surface area (Å²) in [5, 5.41) is 10.4. The van der Waals surface area contributed by atoms with Crippen LogP contribution in [0.3, 0.4) is 0 Å². The molecule has 1 aromatic rings. The summed E-state index contributed by atoms with van der Waals surface area (Å²) in [5.74, 6) is -1.26. The summed E-state index contributed by atoms with van der Waals surface area (Å²) >= 11 is 0. The van der Waals surface area contributed by atoms with Crippen molar-refractivity contribution in [2.24, 2.45) is 11.3 Å². The maximum Gasteiger partial charge on any atom is 0.336 e. The molecule has 300 valence electrons. The van der Waals surface area contributed by atoms with Crippen LogP contribution in [0.5, 0.6) is 0 Å². The number of urea groups is 2. The smallest absolute Gasteiger partial charge is 0.332 e. The van der Waals surface area contributed by atoms with Crippen molar-refractivity contribution in [2.75, 3.05) is 18.8 Å². The van der Waals surface area contributed by atoms with Crippen LogP contribution in [0, 0.1) is 11.3 Å². The van der Waals surface area contributed by atoms with Crippen molar-refractivity contribution in [1.29, 1.82) is 0 Å². The molecule has 0 spiro atoms. The number of hydrazine groups is 1. The molecular weight excluding hydrogens is 705 g/mol. The lowest BCUT2D eigenvalue weighted by Crippen LogP contribution is -2.64. The average molecular weight is 769 g/mol. The monoisotopic (exact) mass is 768 g/mol. The first kappa shape index (κ1) is 42.9. The summed E-state index contributed by atoms with van der Waals surface area (Å²) in [5.41, 5.74) is 4.99. The van der Waals surface area contributed by atoms with E-state index in [0.717, 1.165) is 44.1 Å². The predicted octanol–water partition coefficient (Wildman–Crippen LogP) is 6.31. The van der Waals surface area contributed by atoms with Crippen LogP contribution in [0.1, 0.15) is 130 Å². The predicted molar refractivity (Wildman–Crippen MR) is 212 cm³/mol. The van der Waals surface area contributed by atoms with Gasteiger partial charge in [0, 0.05) is 19.0 Å². The Kier molecular flexibility index (Phi) is 14.5. The number of hydrogen-bond donors (Lipinski definition) is 4. The zero-order chi connectivity index (χ0) is 39.7. The van der Waals surface area contributed by atoms with E-state index in [-0.39, 0.29) is 36.7 Å². The van der Waals surface area contributed by atoms with E-state index in [1.165, 1.54) is 9.91 Å². The van der Waals surface area contributed by atoms with E-state index in [1.54, 1.807) is 26.8 Å². The Bertz CT molecular complexity index is 1620. The van der Waals surface area contributed by atoms with E-state index in [1.807, 2.05) is 51.1 Å². The lowest BCUT2D eigenvalue weighted by molar-refractivity contribution is -0.144. The van der Waals surface area contributed by atoms with Crippen molar-refractivity contribution < 1.29 is 27.6 Å². The van der Waals surface area contributed by atoms with Gasteiger partial charge in [-0.3, -0.25) is 15.0 Å². The van der Waals surface area contributed by atoms with Crippen LogP contribution in [-0.2, 0) is 19.4 Å². The van der Waals surface area contributed by atoms with Crippen LogP contribution in [0.2, 0.25) is 0 Å². The van der Waals surface area contributed by atoms with Crippen LogP contribution in [0.4, 0.5) is 9.59 Å². The van der Waals surface area contributed by atoms with Crippen LogP contribution >= 0.6 is 0 Å². The number of likely N-dealkylation sites (tertiary alicyclic amines) is 1. The number of carbonyl (C=O) groups is 4. The van der Waals surface area contributed by atoms with E-state index >= 15 is 0 Å². The van der Waals surface area contributed by atoms with Crippen molar-refractivity contribution >= 4 is 33.7 Å². The van der Waals surface area contributed by atoms with Gasteiger partial charge in [0.2, 0.25) is 5.91 Å². The Labute approximate surface area is 323 Å². The van der Waals surface area contributed by atoms with Gasteiger partial charge in [-0.1, -0.05) is 89.3 Å². The maximum absolute atomic E-state index is 14.9. The molecular formula is C41H64N6O6S. The lowest BCUT2D eigenvalue weighted by atomic mass is 9.70. The first-order valence-corrected chi connectivity index (χ1v) is 21.5. The molecule has 0 radical (unpaired) electrons. The minimum Gasteiger partial charge on any atom is -0.332 e. The third-order valence-corrected chi connectivity index (χ3v) is 14.5. The van der Waals surface area contributed by atoms with Crippen LogP contribution in [0.15, 0.2) is 48.7 Å². The van der Waals surface area contributed by atoms with E-state index < -0.39 is 55.6 Å². The van der Waals surface area contributed by atoms with Gasteiger partial charge in [0.25, 0.3) is 5.91 Å². The first-order chi connectivity index (χ1) is 25.4. The molecule has 0 aromatic heterocycles. The molecule has 1 saturated heterocycles. The Balaban J connectivity index is 1.59. The molecule has 4 atom stereocenters. The van der Waals surface area contributed by atoms with Crippen LogP contribution < -0.4 is 21.4 Å². The molecule has 4 N–H and O–H groups in total. The minimum atomic E-state index is -3.57.